The van der Waals surface area contributed by atoms with Crippen LogP contribution in [0.15, 0.2) is 30.9 Å². The molecule has 0 atom stereocenters. The van der Waals surface area contributed by atoms with Crippen molar-refractivity contribution < 1.29 is 14.3 Å². The molecule has 0 aliphatic heterocycles. The number of esters is 1. The van der Waals surface area contributed by atoms with Crippen molar-refractivity contribution in [2.75, 3.05) is 12.4 Å². The van der Waals surface area contributed by atoms with Crippen LogP contribution in [0.25, 0.3) is 5.65 Å². The van der Waals surface area contributed by atoms with Crippen molar-refractivity contribution in [1.29, 1.82) is 0 Å². The molecule has 3 aromatic heterocycles. The van der Waals surface area contributed by atoms with Crippen molar-refractivity contribution in [1.82, 2.24) is 24.4 Å². The number of nitrogens with one attached hydrogen (secondary N) is 1. The number of hydrogen-bond acceptors (Lipinski definition) is 6. The smallest absolute Gasteiger partial charge is 0.360 e. The van der Waals surface area contributed by atoms with Crippen LogP contribution in [0.1, 0.15) is 27.8 Å². The van der Waals surface area contributed by atoms with Crippen molar-refractivity contribution in [2.24, 2.45) is 0 Å². The van der Waals surface area contributed by atoms with E-state index in [-0.39, 0.29) is 11.4 Å². The second kappa shape index (κ2) is 5.87. The van der Waals surface area contributed by atoms with E-state index in [1.165, 1.54) is 22.5 Å². The fourth-order valence-corrected chi connectivity index (χ4v) is 2.10. The quantitative estimate of drug-likeness (QED) is 0.720. The van der Waals surface area contributed by atoms with Crippen molar-refractivity contribution in [3.05, 3.63) is 42.1 Å². The lowest BCUT2D eigenvalue weighted by Gasteiger charge is -2.03. The summed E-state index contributed by atoms with van der Waals surface area (Å²) in [6.45, 7) is 2.42. The Labute approximate surface area is 130 Å². The molecule has 9 nitrogen and oxygen atoms in total. The predicted octanol–water partition coefficient (Wildman–Crippen LogP) is 0.985. The molecule has 0 unspecified atom stereocenters. The molecule has 0 aliphatic carbocycles. The number of aromatic nitrogens is 5. The number of methoxy groups -OCH3 is 1. The van der Waals surface area contributed by atoms with Gasteiger partial charge in [-0.1, -0.05) is 0 Å². The first kappa shape index (κ1) is 14.7. The number of carbonyl (C=O) groups excluding carboxylic acids is 2. The van der Waals surface area contributed by atoms with Crippen LogP contribution in [0.4, 0.5) is 5.69 Å². The van der Waals surface area contributed by atoms with Crippen LogP contribution in [0, 0.1) is 0 Å². The van der Waals surface area contributed by atoms with E-state index in [1.807, 2.05) is 6.92 Å². The van der Waals surface area contributed by atoms with E-state index in [9.17, 15) is 9.59 Å². The molecule has 0 radical (unpaired) electrons. The Kier molecular flexibility index (Phi) is 3.75. The van der Waals surface area contributed by atoms with Gasteiger partial charge in [0, 0.05) is 25.1 Å². The van der Waals surface area contributed by atoms with Crippen molar-refractivity contribution in [3.8, 4) is 0 Å². The zero-order valence-corrected chi connectivity index (χ0v) is 12.6. The molecule has 0 spiro atoms. The maximum Gasteiger partial charge on any atom is 0.360 e. The number of ether oxygens (including phenoxy) is 1. The van der Waals surface area contributed by atoms with Crippen LogP contribution in [0.5, 0.6) is 0 Å². The molecule has 1 amide bonds. The van der Waals surface area contributed by atoms with Gasteiger partial charge in [0.1, 0.15) is 5.56 Å². The molecule has 118 valence electrons. The summed E-state index contributed by atoms with van der Waals surface area (Å²) in [5.74, 6) is -1.05. The summed E-state index contributed by atoms with van der Waals surface area (Å²) < 4.78 is 7.71. The third-order valence-electron chi connectivity index (χ3n) is 3.24. The van der Waals surface area contributed by atoms with E-state index >= 15 is 0 Å². The predicted molar refractivity (Wildman–Crippen MR) is 80.2 cm³/mol. The van der Waals surface area contributed by atoms with Crippen LogP contribution < -0.4 is 5.32 Å². The molecule has 0 saturated carbocycles. The molecule has 1 N–H and O–H groups in total. The number of hydrogen-bond donors (Lipinski definition) is 1. The first-order valence-electron chi connectivity index (χ1n) is 6.89. The normalized spacial score (nSPS) is 10.7. The topological polar surface area (TPSA) is 103 Å². The molecule has 0 saturated heterocycles. The fraction of sp³-hybridized carbons (Fsp3) is 0.214. The number of amides is 1. The Balaban J connectivity index is 1.94. The Morgan fingerprint density at radius 3 is 2.96 bits per heavy atom. The standard InChI is InChI=1S/C14H14N6O3/c1-3-19-8-10(11(18-19)14(22)23-2)17-13(21)9-7-16-20-6-4-5-15-12(9)20/h4-8H,3H2,1-2H3,(H,17,21). The van der Waals surface area contributed by atoms with E-state index in [4.69, 9.17) is 0 Å². The average molecular weight is 314 g/mol. The third kappa shape index (κ3) is 2.63. The van der Waals surface area contributed by atoms with Crippen molar-refractivity contribution in [3.63, 3.8) is 0 Å². The fourth-order valence-electron chi connectivity index (χ4n) is 2.10. The largest absolute Gasteiger partial charge is 0.464 e. The lowest BCUT2D eigenvalue weighted by molar-refractivity contribution is 0.0594. The number of anilines is 1. The Bertz CT molecular complexity index is 882. The Hall–Kier alpha value is -3.23. The highest BCUT2D eigenvalue weighted by molar-refractivity contribution is 6.10. The maximum atomic E-state index is 12.5. The second-order valence-electron chi connectivity index (χ2n) is 4.64. The average Bonchev–Trinajstić information content (AvgIpc) is 3.18. The molecular formula is C14H14N6O3. The van der Waals surface area contributed by atoms with Crippen LogP contribution in [-0.2, 0) is 11.3 Å². The van der Waals surface area contributed by atoms with Gasteiger partial charge in [0.15, 0.2) is 11.3 Å². The summed E-state index contributed by atoms with van der Waals surface area (Å²) in [6.07, 6.45) is 6.25. The Morgan fingerprint density at radius 2 is 2.22 bits per heavy atom. The molecule has 23 heavy (non-hydrogen) atoms. The highest BCUT2D eigenvalue weighted by Crippen LogP contribution is 2.17. The molecule has 0 bridgehead atoms. The van der Waals surface area contributed by atoms with Crippen molar-refractivity contribution >= 4 is 23.2 Å². The van der Waals surface area contributed by atoms with E-state index in [1.54, 1.807) is 24.7 Å². The van der Waals surface area contributed by atoms with Gasteiger partial charge in [-0.3, -0.25) is 9.48 Å². The molecule has 0 aliphatic rings. The van der Waals surface area contributed by atoms with Crippen LogP contribution in [0.3, 0.4) is 0 Å². The molecule has 0 fully saturated rings. The van der Waals surface area contributed by atoms with Gasteiger partial charge >= 0.3 is 5.97 Å². The van der Waals surface area contributed by atoms with Gasteiger partial charge in [0.05, 0.1) is 19.0 Å². The highest BCUT2D eigenvalue weighted by Gasteiger charge is 2.21. The van der Waals surface area contributed by atoms with Gasteiger partial charge in [0.2, 0.25) is 0 Å². The lowest BCUT2D eigenvalue weighted by atomic mass is 10.3. The second-order valence-corrected chi connectivity index (χ2v) is 4.64. The van der Waals surface area contributed by atoms with Crippen molar-refractivity contribution in [2.45, 2.75) is 13.5 Å². The molecule has 3 aromatic rings. The number of rotatable bonds is 4. The third-order valence-corrected chi connectivity index (χ3v) is 3.24. The molecule has 9 heteroatoms. The van der Waals surface area contributed by atoms with Gasteiger partial charge in [-0.15, -0.1) is 0 Å². The van der Waals surface area contributed by atoms with E-state index in [0.717, 1.165) is 0 Å². The molecule has 0 aromatic carbocycles. The molecule has 3 rings (SSSR count). The summed E-state index contributed by atoms with van der Waals surface area (Å²) in [5, 5.41) is 10.8. The van der Waals surface area contributed by atoms with Crippen LogP contribution in [0.2, 0.25) is 0 Å². The summed E-state index contributed by atoms with van der Waals surface area (Å²) >= 11 is 0. The minimum absolute atomic E-state index is 0.0483. The highest BCUT2D eigenvalue weighted by atomic mass is 16.5. The Morgan fingerprint density at radius 1 is 1.39 bits per heavy atom. The number of nitrogens with zero attached hydrogens (tertiary/aromatic N) is 5. The van der Waals surface area contributed by atoms with Gasteiger partial charge in [-0.05, 0) is 13.0 Å². The molecule has 3 heterocycles. The zero-order chi connectivity index (χ0) is 16.4. The minimum atomic E-state index is -0.620. The summed E-state index contributed by atoms with van der Waals surface area (Å²) in [5.41, 5.74) is 1.05. The maximum absolute atomic E-state index is 12.5. The number of fused-ring (bicyclic) bond motifs is 1. The zero-order valence-electron chi connectivity index (χ0n) is 12.6. The van der Waals surface area contributed by atoms with Gasteiger partial charge < -0.3 is 10.1 Å². The van der Waals surface area contributed by atoms with E-state index in [2.05, 4.69) is 25.2 Å². The number of carbonyl (C=O) groups is 2. The van der Waals surface area contributed by atoms with E-state index < -0.39 is 11.9 Å². The minimum Gasteiger partial charge on any atom is -0.464 e. The summed E-state index contributed by atoms with van der Waals surface area (Å²) in [6, 6.07) is 1.71. The first-order valence-corrected chi connectivity index (χ1v) is 6.89. The van der Waals surface area contributed by atoms with Crippen LogP contribution in [-0.4, -0.2) is 43.4 Å². The number of aryl methyl sites for hydroxylation is 1. The molecular weight excluding hydrogens is 300 g/mol. The first-order chi connectivity index (χ1) is 11.1. The summed E-state index contributed by atoms with van der Waals surface area (Å²) in [7, 11) is 1.26. The summed E-state index contributed by atoms with van der Waals surface area (Å²) in [4.78, 5) is 28.3. The SMILES string of the molecule is CCn1cc(NC(=O)c2cnn3cccnc23)c(C(=O)OC)n1. The van der Waals surface area contributed by atoms with Gasteiger partial charge in [-0.25, -0.2) is 14.3 Å². The van der Waals surface area contributed by atoms with Crippen LogP contribution >= 0.6 is 0 Å². The van der Waals surface area contributed by atoms with Gasteiger partial charge in [-0.2, -0.15) is 10.2 Å². The van der Waals surface area contributed by atoms with Gasteiger partial charge in [0.25, 0.3) is 5.91 Å². The lowest BCUT2D eigenvalue weighted by Crippen LogP contribution is -2.14. The van der Waals surface area contributed by atoms with E-state index in [0.29, 0.717) is 17.8 Å². The monoisotopic (exact) mass is 314 g/mol.